The minimum absolute atomic E-state index is 0.0290. The van der Waals surface area contributed by atoms with Gasteiger partial charge in [-0.1, -0.05) is 23.4 Å². The van der Waals surface area contributed by atoms with E-state index in [1.807, 2.05) is 44.2 Å². The lowest BCUT2D eigenvalue weighted by molar-refractivity contribution is 0.0894. The van der Waals surface area contributed by atoms with Crippen molar-refractivity contribution in [1.29, 1.82) is 0 Å². The van der Waals surface area contributed by atoms with Crippen molar-refractivity contribution in [3.8, 4) is 17.1 Å². The van der Waals surface area contributed by atoms with Crippen LogP contribution in [0.2, 0.25) is 0 Å². The first-order valence-corrected chi connectivity index (χ1v) is 12.4. The van der Waals surface area contributed by atoms with Crippen LogP contribution in [-0.2, 0) is 11.3 Å². The molecule has 0 saturated carbocycles. The van der Waals surface area contributed by atoms with Crippen molar-refractivity contribution in [2.45, 2.75) is 20.4 Å². The average Bonchev–Trinajstić information content (AvgIpc) is 3.59. The van der Waals surface area contributed by atoms with Crippen molar-refractivity contribution in [2.75, 3.05) is 33.0 Å². The maximum atomic E-state index is 12.8. The average molecular weight is 537 g/mol. The summed E-state index contributed by atoms with van der Waals surface area (Å²) < 4.78 is 24.6. The number of alkyl halides is 1. The maximum Gasteiger partial charge on any atom is 0.273 e. The van der Waals surface area contributed by atoms with Gasteiger partial charge in [-0.25, -0.2) is 9.07 Å². The zero-order chi connectivity index (χ0) is 27.6. The van der Waals surface area contributed by atoms with Gasteiger partial charge in [0.05, 0.1) is 37.3 Å². The van der Waals surface area contributed by atoms with Crippen LogP contribution in [0.3, 0.4) is 0 Å². The number of rotatable bonds is 13. The van der Waals surface area contributed by atoms with E-state index in [1.54, 1.807) is 18.2 Å². The number of nitrogens with zero attached hydrogens (tertiary/aromatic N) is 6. The van der Waals surface area contributed by atoms with Gasteiger partial charge in [-0.15, -0.1) is 5.10 Å². The molecule has 0 saturated heterocycles. The number of nitrogens with one attached hydrogen (secondary N) is 2. The fourth-order valence-electron chi connectivity index (χ4n) is 3.58. The third kappa shape index (κ3) is 7.02. The molecule has 2 amide bonds. The van der Waals surface area contributed by atoms with Gasteiger partial charge < -0.3 is 20.1 Å². The molecule has 4 aromatic rings. The van der Waals surface area contributed by atoms with Crippen molar-refractivity contribution in [3.05, 3.63) is 77.4 Å². The Bertz CT molecular complexity index is 1410. The summed E-state index contributed by atoms with van der Waals surface area (Å²) in [6, 6.07) is 14.3. The SMILES string of the molecule is CCNC(=O)c1ccc(-n2cc(C(=O)NCc3nn(-c4ccccc4)nc3C)nn2)c(OCCOCCF)c1. The van der Waals surface area contributed by atoms with Gasteiger partial charge >= 0.3 is 0 Å². The number of aromatic nitrogens is 6. The monoisotopic (exact) mass is 536 g/mol. The first kappa shape index (κ1) is 27.4. The van der Waals surface area contributed by atoms with Crippen molar-refractivity contribution < 1.29 is 23.5 Å². The molecule has 4 rings (SSSR count). The molecule has 2 aromatic carbocycles. The molecule has 0 aliphatic rings. The Kier molecular flexibility index (Phi) is 9.29. The molecule has 12 nitrogen and oxygen atoms in total. The lowest BCUT2D eigenvalue weighted by Gasteiger charge is -2.13. The first-order valence-electron chi connectivity index (χ1n) is 12.4. The second-order valence-electron chi connectivity index (χ2n) is 8.28. The molecule has 2 heterocycles. The number of benzene rings is 2. The molecule has 0 bridgehead atoms. The minimum atomic E-state index is -0.591. The van der Waals surface area contributed by atoms with Crippen LogP contribution in [0.25, 0.3) is 11.4 Å². The Morgan fingerprint density at radius 2 is 1.82 bits per heavy atom. The van der Waals surface area contributed by atoms with Crippen LogP contribution < -0.4 is 15.4 Å². The molecule has 2 N–H and O–H groups in total. The Morgan fingerprint density at radius 3 is 2.59 bits per heavy atom. The van der Waals surface area contributed by atoms with Crippen molar-refractivity contribution >= 4 is 11.8 Å². The van der Waals surface area contributed by atoms with Gasteiger partial charge in [-0.2, -0.15) is 15.0 Å². The Hall–Kier alpha value is -4.65. The van der Waals surface area contributed by atoms with E-state index in [4.69, 9.17) is 9.47 Å². The van der Waals surface area contributed by atoms with Crippen molar-refractivity contribution in [2.24, 2.45) is 0 Å². The van der Waals surface area contributed by atoms with E-state index in [0.717, 1.165) is 5.69 Å². The normalized spacial score (nSPS) is 10.8. The fourth-order valence-corrected chi connectivity index (χ4v) is 3.58. The van der Waals surface area contributed by atoms with Crippen molar-refractivity contribution in [3.63, 3.8) is 0 Å². The fraction of sp³-hybridized carbons (Fsp3) is 0.308. The standard InChI is InChI=1S/C26H29FN8O4/c1-3-28-25(36)19-9-10-23(24(15-19)39-14-13-38-12-11-27)34-17-22(30-33-34)26(37)29-16-21-18(2)31-35(32-21)20-7-5-4-6-8-20/h4-10,15,17H,3,11-14,16H2,1-2H3,(H,28,36)(H,29,37). The highest BCUT2D eigenvalue weighted by molar-refractivity contribution is 5.95. The smallest absolute Gasteiger partial charge is 0.273 e. The number of aryl methyl sites for hydroxylation is 1. The third-order valence-electron chi connectivity index (χ3n) is 5.52. The molecular weight excluding hydrogens is 507 g/mol. The van der Waals surface area contributed by atoms with E-state index in [2.05, 4.69) is 31.1 Å². The van der Waals surface area contributed by atoms with E-state index in [9.17, 15) is 14.0 Å². The predicted octanol–water partition coefficient (Wildman–Crippen LogP) is 2.20. The molecule has 39 heavy (non-hydrogen) atoms. The summed E-state index contributed by atoms with van der Waals surface area (Å²) in [6.45, 7) is 3.92. The van der Waals surface area contributed by atoms with Crippen LogP contribution in [0.5, 0.6) is 5.75 Å². The maximum absolute atomic E-state index is 12.8. The number of amides is 2. The summed E-state index contributed by atoms with van der Waals surface area (Å²) in [5, 5.41) is 22.4. The summed E-state index contributed by atoms with van der Waals surface area (Å²) >= 11 is 0. The lowest BCUT2D eigenvalue weighted by Crippen LogP contribution is -2.24. The van der Waals surface area contributed by atoms with Gasteiger partial charge in [-0.3, -0.25) is 9.59 Å². The third-order valence-corrected chi connectivity index (χ3v) is 5.52. The topological polar surface area (TPSA) is 138 Å². The van der Waals surface area contributed by atoms with Crippen LogP contribution in [0.1, 0.15) is 39.2 Å². The number of carbonyl (C=O) groups excluding carboxylic acids is 2. The van der Waals surface area contributed by atoms with Crippen LogP contribution in [-0.4, -0.2) is 74.8 Å². The zero-order valence-electron chi connectivity index (χ0n) is 21.6. The van der Waals surface area contributed by atoms with Crippen LogP contribution >= 0.6 is 0 Å². The van der Waals surface area contributed by atoms with Gasteiger partial charge in [0.25, 0.3) is 11.8 Å². The molecule has 13 heteroatoms. The second-order valence-corrected chi connectivity index (χ2v) is 8.28. The molecule has 0 fully saturated rings. The Labute approximate surface area is 224 Å². The van der Waals surface area contributed by atoms with E-state index >= 15 is 0 Å². The molecule has 0 spiro atoms. The number of hydrogen-bond donors (Lipinski definition) is 2. The van der Waals surface area contributed by atoms with E-state index in [0.29, 0.717) is 34.9 Å². The summed E-state index contributed by atoms with van der Waals surface area (Å²) in [6.07, 6.45) is 1.45. The summed E-state index contributed by atoms with van der Waals surface area (Å²) in [5.41, 5.74) is 3.04. The number of carbonyl (C=O) groups is 2. The zero-order valence-corrected chi connectivity index (χ0v) is 21.6. The molecule has 204 valence electrons. The summed E-state index contributed by atoms with van der Waals surface area (Å²) in [4.78, 5) is 26.6. The quantitative estimate of drug-likeness (QED) is 0.248. The van der Waals surface area contributed by atoms with E-state index < -0.39 is 12.6 Å². The van der Waals surface area contributed by atoms with E-state index in [-0.39, 0.29) is 38.0 Å². The predicted molar refractivity (Wildman–Crippen MR) is 139 cm³/mol. The largest absolute Gasteiger partial charge is 0.489 e. The highest BCUT2D eigenvalue weighted by Gasteiger charge is 2.17. The molecular formula is C26H29FN8O4. The van der Waals surface area contributed by atoms with Gasteiger partial charge in [0.1, 0.15) is 30.4 Å². The number of para-hydroxylation sites is 1. The molecule has 0 aliphatic carbocycles. The molecule has 0 unspecified atom stereocenters. The van der Waals surface area contributed by atoms with Gasteiger partial charge in [0, 0.05) is 12.1 Å². The van der Waals surface area contributed by atoms with Gasteiger partial charge in [0.2, 0.25) is 0 Å². The second kappa shape index (κ2) is 13.2. The number of hydrogen-bond acceptors (Lipinski definition) is 8. The van der Waals surface area contributed by atoms with Crippen LogP contribution in [0.15, 0.2) is 54.7 Å². The van der Waals surface area contributed by atoms with Crippen molar-refractivity contribution in [1.82, 2.24) is 40.6 Å². The Balaban J connectivity index is 1.46. The van der Waals surface area contributed by atoms with Crippen LogP contribution in [0.4, 0.5) is 4.39 Å². The van der Waals surface area contributed by atoms with Gasteiger partial charge in [0.15, 0.2) is 5.69 Å². The number of halogens is 1. The Morgan fingerprint density at radius 1 is 1.00 bits per heavy atom. The molecule has 2 aromatic heterocycles. The van der Waals surface area contributed by atoms with Gasteiger partial charge in [-0.05, 0) is 44.2 Å². The highest BCUT2D eigenvalue weighted by Crippen LogP contribution is 2.24. The minimum Gasteiger partial charge on any atom is -0.489 e. The highest BCUT2D eigenvalue weighted by atomic mass is 19.1. The molecule has 0 radical (unpaired) electrons. The lowest BCUT2D eigenvalue weighted by atomic mass is 10.1. The van der Waals surface area contributed by atoms with E-state index in [1.165, 1.54) is 15.7 Å². The van der Waals surface area contributed by atoms with Crippen LogP contribution in [0, 0.1) is 6.92 Å². The first-order chi connectivity index (χ1) is 19.0. The number of ether oxygens (including phenoxy) is 2. The summed E-state index contributed by atoms with van der Waals surface area (Å²) in [5.74, 6) is -0.385. The molecule has 0 aliphatic heterocycles. The molecule has 0 atom stereocenters. The summed E-state index contributed by atoms with van der Waals surface area (Å²) in [7, 11) is 0.